The Kier molecular flexibility index (Phi) is 53.9. The number of aromatic nitrogens is 3. The molecule has 19 nitrogen and oxygen atoms in total. The third kappa shape index (κ3) is 41.2. The third-order valence-corrected chi connectivity index (χ3v) is 5.42. The van der Waals surface area contributed by atoms with Crippen molar-refractivity contribution < 1.29 is 94.5 Å². The number of hydrogen-bond acceptors (Lipinski definition) is 15. The first-order valence-corrected chi connectivity index (χ1v) is 20.8. The fraction of sp³-hybridized carbons (Fsp3) is 0.556. The van der Waals surface area contributed by atoms with E-state index in [-0.39, 0.29) is 110 Å². The number of aliphatic hydroxyl groups excluding tert-OH is 6. The van der Waals surface area contributed by atoms with Crippen LogP contribution in [0.15, 0.2) is 11.7 Å². The first kappa shape index (κ1) is 68.5. The van der Waals surface area contributed by atoms with Crippen molar-refractivity contribution in [1.29, 1.82) is 0 Å². The van der Waals surface area contributed by atoms with Crippen LogP contribution < -0.4 is 10.3 Å². The molecule has 0 aliphatic carbocycles. The van der Waals surface area contributed by atoms with Gasteiger partial charge in [-0.2, -0.15) is 21.4 Å². The minimum absolute atomic E-state index is 0. The maximum absolute atomic E-state index is 9.90. The summed E-state index contributed by atoms with van der Waals surface area (Å²) in [5, 5.41) is 52.5. The maximum Gasteiger partial charge on any atom is 0 e. The molecular formula is C18H38CaCl4MgN4NaO15S3Zn+. The van der Waals surface area contributed by atoms with Crippen LogP contribution in [0.25, 0.3) is 0 Å². The summed E-state index contributed by atoms with van der Waals surface area (Å²) in [5.41, 5.74) is 10.0. The van der Waals surface area contributed by atoms with E-state index in [2.05, 4.69) is 14.5 Å². The first-order chi connectivity index (χ1) is 19.6. The van der Waals surface area contributed by atoms with Crippen LogP contribution in [0.2, 0.25) is 0 Å². The Morgan fingerprint density at radius 3 is 1.75 bits per heavy atom. The molecule has 12 N–H and O–H groups in total. The molecule has 2 aromatic heterocycles. The van der Waals surface area contributed by atoms with Gasteiger partial charge in [0.25, 0.3) is 0 Å². The summed E-state index contributed by atoms with van der Waals surface area (Å²) in [6, 6.07) is 0. The van der Waals surface area contributed by atoms with E-state index < -0.39 is 82.7 Å². The molecule has 0 amide bonds. The summed E-state index contributed by atoms with van der Waals surface area (Å²) >= 11 is 0.720. The second-order valence-corrected chi connectivity index (χ2v) is 13.9. The van der Waals surface area contributed by atoms with Gasteiger partial charge in [0.2, 0.25) is 5.51 Å². The minimum atomic E-state index is -4.67. The van der Waals surface area contributed by atoms with Crippen molar-refractivity contribution in [3.8, 4) is 0 Å². The molecule has 272 valence electrons. The quantitative estimate of drug-likeness (QED) is 0.0497. The smallest absolute Gasteiger partial charge is 0 e. The van der Waals surface area contributed by atoms with Gasteiger partial charge in [0, 0.05) is 45.6 Å². The number of nitrogens with zero attached hydrogens (tertiary/aromatic N) is 3. The van der Waals surface area contributed by atoms with Crippen molar-refractivity contribution in [3.05, 3.63) is 33.7 Å². The Morgan fingerprint density at radius 2 is 1.42 bits per heavy atom. The third-order valence-electron chi connectivity index (χ3n) is 4.28. The molecule has 0 saturated heterocycles. The number of anilines is 1. The van der Waals surface area contributed by atoms with E-state index in [0.29, 0.717) is 24.6 Å². The second kappa shape index (κ2) is 37.8. The van der Waals surface area contributed by atoms with Crippen LogP contribution in [0.1, 0.15) is 22.0 Å². The van der Waals surface area contributed by atoms with Crippen molar-refractivity contribution >= 4 is 165 Å². The molecule has 30 heteroatoms. The molecule has 4 atom stereocenters. The number of aliphatic hydroxyl groups is 6. The van der Waals surface area contributed by atoms with Gasteiger partial charge in [-0.05, 0) is 6.92 Å². The Hall–Kier alpha value is 2.49. The van der Waals surface area contributed by atoms with Gasteiger partial charge in [-0.15, -0.1) is 24.8 Å². The molecule has 0 aliphatic heterocycles. The SMILES string of the molecule is Cc1ncc(C[n+]2csc(CCO)c2C)c(N)n1.Cl.Cl.O=C[C@H](O)[C@@H](O)[C@H](O)[C@H](O)CO.O=S(=O)(O)O.O=S(=O)(O)O.[Cl][Ca][Cl].[MgH2].[NaH].[Zn]. The van der Waals surface area contributed by atoms with Crippen LogP contribution in [0.5, 0.6) is 0 Å². The van der Waals surface area contributed by atoms with Crippen LogP contribution in [-0.2, 0) is 58.0 Å². The number of hydrogen-bond donors (Lipinski definition) is 11. The minimum Gasteiger partial charge on any atom is 0 e. The van der Waals surface area contributed by atoms with Crippen molar-refractivity contribution in [2.75, 3.05) is 18.9 Å². The molecule has 2 rings (SSSR count). The number of rotatable bonds is 9. The van der Waals surface area contributed by atoms with E-state index in [0.717, 1.165) is 11.3 Å². The van der Waals surface area contributed by atoms with E-state index in [1.807, 2.05) is 19.4 Å². The molecule has 0 fully saturated rings. The molecule has 0 spiro atoms. The largest absolute Gasteiger partial charge is 0 e. The molecule has 0 bridgehead atoms. The zero-order valence-corrected chi connectivity index (χ0v) is 34.8. The van der Waals surface area contributed by atoms with Crippen LogP contribution in [-0.4, -0.2) is 203 Å². The number of aryl methyl sites for hydroxylation is 1. The summed E-state index contributed by atoms with van der Waals surface area (Å²) in [5.74, 6) is 1.22. The Morgan fingerprint density at radius 1 is 1.00 bits per heavy atom. The molecule has 2 aromatic rings. The van der Waals surface area contributed by atoms with E-state index in [1.165, 1.54) is 4.88 Å². The van der Waals surface area contributed by atoms with E-state index >= 15 is 0 Å². The van der Waals surface area contributed by atoms with Crippen LogP contribution in [0.3, 0.4) is 0 Å². The molecule has 0 aromatic carbocycles. The number of aldehydes is 1. The van der Waals surface area contributed by atoms with Gasteiger partial charge in [0.05, 0.1) is 17.0 Å². The molecule has 48 heavy (non-hydrogen) atoms. The fourth-order valence-electron chi connectivity index (χ4n) is 2.38. The summed E-state index contributed by atoms with van der Waals surface area (Å²) < 4.78 is 65.3. The molecular weight excluding hydrogens is 903 g/mol. The standard InChI is InChI=1S/C12H17N4OS.C6H12O6.Ca.4ClH.Mg.Na.2H2O4S.Zn.3H/c1-8-11(3-4-17)18-7-16(8)6-10-5-14-9(2)15-12(10)13;7-1-3(9)5(11)6(12)4(10)2-8;;;;;;;;2*1-5(2,3)4;;;;/h5,7,17H,3-4,6H2,1-2H3,(H2,13,14,15);1,3-6,8-12H,2H2;;4*1H;;;2*(H2,1,2,3,4);;;;/q+1;;+2;;;;;;;;;;;;/p-2/t;3-,4+,5+,6+;;;;;;;;;;;;;/m.0............./s1. The Bertz CT molecular complexity index is 1260. The molecule has 0 saturated carbocycles. The van der Waals surface area contributed by atoms with Crippen molar-refractivity contribution in [3.63, 3.8) is 0 Å². The molecule has 0 radical (unpaired) electrons. The number of nitrogens with two attached hydrogens (primary N) is 1. The summed E-state index contributed by atoms with van der Waals surface area (Å²) in [7, 11) is -9.33. The predicted molar refractivity (Wildman–Crippen MR) is 184 cm³/mol. The summed E-state index contributed by atoms with van der Waals surface area (Å²) in [4.78, 5) is 19.4. The van der Waals surface area contributed by atoms with Gasteiger partial charge >= 0.3 is 117 Å². The predicted octanol–water partition coefficient (Wildman–Crippen LogP) is -3.80. The van der Waals surface area contributed by atoms with Gasteiger partial charge in [0.15, 0.2) is 18.5 Å². The van der Waals surface area contributed by atoms with Crippen molar-refractivity contribution in [2.45, 2.75) is 51.2 Å². The number of carbonyl (C=O) groups excluding carboxylic acids is 1. The van der Waals surface area contributed by atoms with Gasteiger partial charge in [-0.1, -0.05) is 11.3 Å². The zero-order chi connectivity index (χ0) is 34.6. The summed E-state index contributed by atoms with van der Waals surface area (Å²) in [6.45, 7) is 3.95. The molecule has 0 unspecified atom stereocenters. The number of nitrogen functional groups attached to an aromatic ring is 1. The van der Waals surface area contributed by atoms with Gasteiger partial charge in [0.1, 0.15) is 36.1 Å². The molecule has 2 heterocycles. The Labute approximate surface area is 368 Å². The number of halogens is 4. The number of carbonyl (C=O) groups is 1. The number of thiazole rings is 1. The van der Waals surface area contributed by atoms with E-state index in [4.69, 9.17) is 84.2 Å². The summed E-state index contributed by atoms with van der Waals surface area (Å²) in [6.07, 6.45) is 5.53. The van der Waals surface area contributed by atoms with Gasteiger partial charge in [-0.3, -0.25) is 18.2 Å². The van der Waals surface area contributed by atoms with Crippen LogP contribution in [0.4, 0.5) is 5.82 Å². The van der Waals surface area contributed by atoms with Gasteiger partial charge < -0.3 is 41.2 Å². The average molecular weight is 941 g/mol. The second-order valence-electron chi connectivity index (χ2n) is 7.52. The average Bonchev–Trinajstić information content (AvgIpc) is 3.21. The van der Waals surface area contributed by atoms with Crippen LogP contribution >= 0.6 is 48.9 Å². The topological polar surface area (TPSA) is 343 Å². The zero-order valence-electron chi connectivity index (χ0n) is 24.0. The van der Waals surface area contributed by atoms with E-state index in [1.54, 1.807) is 17.5 Å². The normalized spacial score (nSPS) is 12.0. The maximum atomic E-state index is 9.90. The van der Waals surface area contributed by atoms with Gasteiger partial charge in [-0.25, -0.2) is 9.97 Å². The van der Waals surface area contributed by atoms with Crippen molar-refractivity contribution in [2.24, 2.45) is 0 Å². The fourth-order valence-corrected chi connectivity index (χ4v) is 3.37. The molecule has 0 aliphatic rings. The Balaban J connectivity index is -0.0000000780. The first-order valence-electron chi connectivity index (χ1n) is 11.0. The van der Waals surface area contributed by atoms with E-state index in [9.17, 15) is 4.79 Å². The monoisotopic (exact) mass is 937 g/mol. The van der Waals surface area contributed by atoms with Crippen molar-refractivity contribution in [1.82, 2.24) is 9.97 Å². The van der Waals surface area contributed by atoms with Crippen LogP contribution in [0, 0.1) is 13.8 Å².